The summed E-state index contributed by atoms with van der Waals surface area (Å²) in [5.41, 5.74) is 8.65. The van der Waals surface area contributed by atoms with E-state index in [1.54, 1.807) is 13.0 Å². The van der Waals surface area contributed by atoms with E-state index in [9.17, 15) is 9.59 Å². The number of nitrogens with one attached hydrogen (secondary N) is 1. The topological polar surface area (TPSA) is 90.7 Å². The van der Waals surface area contributed by atoms with Crippen LogP contribution < -0.4 is 11.1 Å². The standard InChI is InChI=1S/C21H25ClN2O4/c1-2-28-21(26)20-16(12-27-11-10-23)24-15-8-5-9-17(25)19(15)18(20)13-6-3-4-7-14(13)22/h3-4,6-7,18,24H,2,5,8-12,23H2,1H3. The first kappa shape index (κ1) is 20.6. The largest absolute Gasteiger partial charge is 0.463 e. The van der Waals surface area contributed by atoms with Crippen LogP contribution in [0.3, 0.4) is 0 Å². The molecule has 0 bridgehead atoms. The molecule has 150 valence electrons. The van der Waals surface area contributed by atoms with Gasteiger partial charge in [-0.15, -0.1) is 0 Å². The molecular formula is C21H25ClN2O4. The minimum atomic E-state index is -0.576. The van der Waals surface area contributed by atoms with Crippen molar-refractivity contribution >= 4 is 23.4 Å². The van der Waals surface area contributed by atoms with Gasteiger partial charge in [-0.3, -0.25) is 4.79 Å². The number of benzene rings is 1. The number of hydrogen-bond acceptors (Lipinski definition) is 6. The van der Waals surface area contributed by atoms with Crippen LogP contribution in [0.2, 0.25) is 5.02 Å². The zero-order valence-corrected chi connectivity index (χ0v) is 16.7. The minimum Gasteiger partial charge on any atom is -0.463 e. The Kier molecular flexibility index (Phi) is 6.88. The van der Waals surface area contributed by atoms with E-state index in [0.29, 0.717) is 47.0 Å². The highest BCUT2D eigenvalue weighted by Gasteiger charge is 2.40. The number of halogens is 1. The van der Waals surface area contributed by atoms with Gasteiger partial charge >= 0.3 is 5.97 Å². The van der Waals surface area contributed by atoms with Crippen molar-refractivity contribution in [1.82, 2.24) is 5.32 Å². The molecule has 0 amide bonds. The molecule has 0 aromatic heterocycles. The number of carbonyl (C=O) groups excluding carboxylic acids is 2. The molecule has 7 heteroatoms. The Morgan fingerprint density at radius 1 is 1.32 bits per heavy atom. The molecule has 1 unspecified atom stereocenters. The Hall–Kier alpha value is -2.15. The van der Waals surface area contributed by atoms with Gasteiger partial charge in [0.15, 0.2) is 5.78 Å². The molecule has 1 aromatic carbocycles. The summed E-state index contributed by atoms with van der Waals surface area (Å²) >= 11 is 6.48. The summed E-state index contributed by atoms with van der Waals surface area (Å²) in [6.07, 6.45) is 1.96. The molecular weight excluding hydrogens is 380 g/mol. The third-order valence-corrected chi connectivity index (χ3v) is 5.22. The number of carbonyl (C=O) groups is 2. The first-order valence-corrected chi connectivity index (χ1v) is 9.91. The molecule has 2 aliphatic rings. The lowest BCUT2D eigenvalue weighted by molar-refractivity contribution is -0.139. The van der Waals surface area contributed by atoms with E-state index in [4.69, 9.17) is 26.8 Å². The minimum absolute atomic E-state index is 0.0300. The van der Waals surface area contributed by atoms with Crippen molar-refractivity contribution in [1.29, 1.82) is 0 Å². The van der Waals surface area contributed by atoms with Crippen LogP contribution in [0.25, 0.3) is 0 Å². The van der Waals surface area contributed by atoms with Crippen molar-refractivity contribution in [2.45, 2.75) is 32.1 Å². The van der Waals surface area contributed by atoms with Crippen LogP contribution in [0.15, 0.2) is 46.8 Å². The van der Waals surface area contributed by atoms with E-state index < -0.39 is 11.9 Å². The van der Waals surface area contributed by atoms with Gasteiger partial charge in [-0.2, -0.15) is 0 Å². The molecule has 0 spiro atoms. The fourth-order valence-electron chi connectivity index (χ4n) is 3.74. The SMILES string of the molecule is CCOC(=O)C1=C(COCCN)NC2=C(C(=O)CCC2)C1c1ccccc1Cl. The van der Waals surface area contributed by atoms with Crippen LogP contribution in [0.4, 0.5) is 0 Å². The first-order valence-electron chi connectivity index (χ1n) is 9.54. The lowest BCUT2D eigenvalue weighted by Gasteiger charge is -2.35. The van der Waals surface area contributed by atoms with E-state index in [1.807, 2.05) is 18.2 Å². The van der Waals surface area contributed by atoms with Crippen molar-refractivity contribution in [3.63, 3.8) is 0 Å². The molecule has 6 nitrogen and oxygen atoms in total. The molecule has 1 aliphatic carbocycles. The highest BCUT2D eigenvalue weighted by atomic mass is 35.5. The van der Waals surface area contributed by atoms with Crippen LogP contribution in [0.1, 0.15) is 37.7 Å². The van der Waals surface area contributed by atoms with Gasteiger partial charge < -0.3 is 20.5 Å². The maximum atomic E-state index is 12.9. The predicted octanol–water partition coefficient (Wildman–Crippen LogP) is 2.83. The van der Waals surface area contributed by atoms with Gasteiger partial charge in [-0.25, -0.2) is 4.79 Å². The van der Waals surface area contributed by atoms with E-state index >= 15 is 0 Å². The lowest BCUT2D eigenvalue weighted by atomic mass is 9.75. The second-order valence-corrected chi connectivity index (χ2v) is 7.11. The van der Waals surface area contributed by atoms with Gasteiger partial charge in [-0.1, -0.05) is 29.8 Å². The molecule has 1 heterocycles. The molecule has 0 saturated carbocycles. The van der Waals surface area contributed by atoms with Crippen molar-refractivity contribution in [3.8, 4) is 0 Å². The van der Waals surface area contributed by atoms with Crippen LogP contribution in [-0.4, -0.2) is 38.1 Å². The van der Waals surface area contributed by atoms with Crippen LogP contribution in [0.5, 0.6) is 0 Å². The number of nitrogens with two attached hydrogens (primary N) is 1. The van der Waals surface area contributed by atoms with Crippen LogP contribution in [-0.2, 0) is 19.1 Å². The fourth-order valence-corrected chi connectivity index (χ4v) is 3.98. The number of allylic oxidation sites excluding steroid dienone is 2. The number of dihydropyridines is 1. The quantitative estimate of drug-likeness (QED) is 0.536. The third-order valence-electron chi connectivity index (χ3n) is 4.88. The summed E-state index contributed by atoms with van der Waals surface area (Å²) in [7, 11) is 0. The average Bonchev–Trinajstić information content (AvgIpc) is 2.68. The maximum absolute atomic E-state index is 12.9. The lowest BCUT2D eigenvalue weighted by Crippen LogP contribution is -2.36. The molecule has 1 aromatic rings. The third kappa shape index (κ3) is 4.14. The highest BCUT2D eigenvalue weighted by molar-refractivity contribution is 6.31. The average molecular weight is 405 g/mol. The predicted molar refractivity (Wildman–Crippen MR) is 107 cm³/mol. The Morgan fingerprint density at radius 2 is 2.11 bits per heavy atom. The summed E-state index contributed by atoms with van der Waals surface area (Å²) in [5.74, 6) is -1.02. The molecule has 1 atom stereocenters. The van der Waals surface area contributed by atoms with Crippen molar-refractivity contribution in [2.75, 3.05) is 26.4 Å². The number of rotatable bonds is 7. The van der Waals surface area contributed by atoms with Gasteiger partial charge in [-0.05, 0) is 31.4 Å². The van der Waals surface area contributed by atoms with Gasteiger partial charge in [0.05, 0.1) is 31.1 Å². The second-order valence-electron chi connectivity index (χ2n) is 6.70. The second kappa shape index (κ2) is 9.37. The number of ketones is 1. The highest BCUT2D eigenvalue weighted by Crippen LogP contribution is 2.44. The fraction of sp³-hybridized carbons (Fsp3) is 0.429. The van der Waals surface area contributed by atoms with Gasteiger partial charge in [0.25, 0.3) is 0 Å². The van der Waals surface area contributed by atoms with E-state index in [0.717, 1.165) is 18.5 Å². The summed E-state index contributed by atoms with van der Waals surface area (Å²) in [4.78, 5) is 25.8. The number of Topliss-reactive ketones (excluding diaryl/α,β-unsaturated/α-hetero) is 1. The van der Waals surface area contributed by atoms with E-state index in [1.165, 1.54) is 0 Å². The molecule has 0 radical (unpaired) electrons. The summed E-state index contributed by atoms with van der Waals surface area (Å²) in [5, 5.41) is 3.79. The molecule has 0 fully saturated rings. The molecule has 3 N–H and O–H groups in total. The van der Waals surface area contributed by atoms with Crippen LogP contribution >= 0.6 is 11.6 Å². The molecule has 0 saturated heterocycles. The van der Waals surface area contributed by atoms with E-state index in [2.05, 4.69) is 5.32 Å². The number of esters is 1. The van der Waals surface area contributed by atoms with Crippen molar-refractivity contribution in [3.05, 3.63) is 57.4 Å². The monoisotopic (exact) mass is 404 g/mol. The van der Waals surface area contributed by atoms with Crippen molar-refractivity contribution < 1.29 is 19.1 Å². The van der Waals surface area contributed by atoms with Gasteiger partial charge in [0, 0.05) is 35.2 Å². The smallest absolute Gasteiger partial charge is 0.336 e. The van der Waals surface area contributed by atoms with Gasteiger partial charge in [0.2, 0.25) is 0 Å². The first-order chi connectivity index (χ1) is 13.6. The normalized spacial score (nSPS) is 19.4. The summed E-state index contributed by atoms with van der Waals surface area (Å²) in [6.45, 7) is 2.90. The zero-order chi connectivity index (χ0) is 20.1. The van der Waals surface area contributed by atoms with Crippen molar-refractivity contribution in [2.24, 2.45) is 5.73 Å². The van der Waals surface area contributed by atoms with Gasteiger partial charge in [0.1, 0.15) is 0 Å². The summed E-state index contributed by atoms with van der Waals surface area (Å²) < 4.78 is 10.9. The summed E-state index contributed by atoms with van der Waals surface area (Å²) in [6, 6.07) is 7.29. The Bertz CT molecular complexity index is 831. The molecule has 28 heavy (non-hydrogen) atoms. The van der Waals surface area contributed by atoms with Crippen LogP contribution in [0, 0.1) is 0 Å². The Labute approximate surface area is 169 Å². The Balaban J connectivity index is 2.16. The number of ether oxygens (including phenoxy) is 2. The zero-order valence-electron chi connectivity index (χ0n) is 15.9. The maximum Gasteiger partial charge on any atom is 0.336 e. The number of hydrogen-bond donors (Lipinski definition) is 2. The molecule has 3 rings (SSSR count). The molecule has 1 aliphatic heterocycles. The van der Waals surface area contributed by atoms with E-state index in [-0.39, 0.29) is 19.0 Å². The Morgan fingerprint density at radius 3 is 2.82 bits per heavy atom.